The molecule has 0 rings (SSSR count). The lowest BCUT2D eigenvalue weighted by molar-refractivity contribution is 0.747. The molecule has 10 heavy (non-hydrogen) atoms. The molecule has 0 aliphatic heterocycles. The fourth-order valence-corrected chi connectivity index (χ4v) is 4.59. The second kappa shape index (κ2) is 4.55. The molecular formula is C8H19BrSi. The van der Waals surface area contributed by atoms with Crippen LogP contribution in [-0.4, -0.2) is 13.4 Å². The molecule has 62 valence electrons. The van der Waals surface area contributed by atoms with E-state index >= 15 is 0 Å². The molecule has 0 aromatic rings. The lowest BCUT2D eigenvalue weighted by Crippen LogP contribution is -2.27. The molecular weight excluding hydrogens is 204 g/mol. The maximum absolute atomic E-state index is 3.51. The SMILES string of the molecule is CC[C@H](CCBr)[Si](C)(C)C. The van der Waals surface area contributed by atoms with E-state index < -0.39 is 8.07 Å². The number of hydrogen-bond acceptors (Lipinski definition) is 0. The maximum Gasteiger partial charge on any atom is 0.0474 e. The van der Waals surface area contributed by atoms with Gasteiger partial charge in [-0.15, -0.1) is 0 Å². The fourth-order valence-electron chi connectivity index (χ4n) is 1.38. The van der Waals surface area contributed by atoms with E-state index in [9.17, 15) is 0 Å². The third kappa shape index (κ3) is 3.77. The van der Waals surface area contributed by atoms with Gasteiger partial charge in [0.05, 0.1) is 0 Å². The van der Waals surface area contributed by atoms with E-state index in [4.69, 9.17) is 0 Å². The van der Waals surface area contributed by atoms with Crippen LogP contribution in [0.1, 0.15) is 19.8 Å². The fraction of sp³-hybridized carbons (Fsp3) is 1.00. The van der Waals surface area contributed by atoms with Crippen LogP contribution in [0.2, 0.25) is 25.2 Å². The molecule has 0 spiro atoms. The standard InChI is InChI=1S/C8H19BrSi/c1-5-8(6-7-9)10(2,3)4/h8H,5-7H2,1-4H3/t8-/m1/s1. The van der Waals surface area contributed by atoms with E-state index in [2.05, 4.69) is 42.5 Å². The molecule has 0 aliphatic rings. The molecule has 0 aromatic carbocycles. The molecule has 0 aliphatic carbocycles. The van der Waals surface area contributed by atoms with E-state index in [0.29, 0.717) is 0 Å². The van der Waals surface area contributed by atoms with Crippen molar-refractivity contribution < 1.29 is 0 Å². The van der Waals surface area contributed by atoms with E-state index in [1.807, 2.05) is 0 Å². The van der Waals surface area contributed by atoms with Gasteiger partial charge in [-0.05, 0) is 12.0 Å². The summed E-state index contributed by atoms with van der Waals surface area (Å²) in [5, 5.41) is 1.18. The van der Waals surface area contributed by atoms with Gasteiger partial charge < -0.3 is 0 Å². The van der Waals surface area contributed by atoms with E-state index in [1.165, 1.54) is 18.2 Å². The van der Waals surface area contributed by atoms with Gasteiger partial charge in [0, 0.05) is 13.4 Å². The van der Waals surface area contributed by atoms with Crippen LogP contribution in [0, 0.1) is 0 Å². The third-order valence-corrected chi connectivity index (χ3v) is 5.78. The Bertz CT molecular complexity index is 85.7. The van der Waals surface area contributed by atoms with Crippen molar-refractivity contribution in [3.63, 3.8) is 0 Å². The summed E-state index contributed by atoms with van der Waals surface area (Å²) in [5.74, 6) is 0. The molecule has 0 saturated heterocycles. The monoisotopic (exact) mass is 222 g/mol. The topological polar surface area (TPSA) is 0 Å². The highest BCUT2D eigenvalue weighted by atomic mass is 79.9. The molecule has 0 fully saturated rings. The normalized spacial score (nSPS) is 15.3. The van der Waals surface area contributed by atoms with Crippen molar-refractivity contribution in [2.45, 2.75) is 44.9 Å². The van der Waals surface area contributed by atoms with Crippen molar-refractivity contribution in [3.05, 3.63) is 0 Å². The minimum Gasteiger partial charge on any atom is -0.0928 e. The van der Waals surface area contributed by atoms with Gasteiger partial charge in [-0.3, -0.25) is 0 Å². The summed E-state index contributed by atoms with van der Waals surface area (Å²) in [6, 6.07) is 0. The van der Waals surface area contributed by atoms with Crippen molar-refractivity contribution in [2.75, 3.05) is 5.33 Å². The molecule has 0 heterocycles. The zero-order valence-corrected chi connectivity index (χ0v) is 10.2. The highest BCUT2D eigenvalue weighted by molar-refractivity contribution is 9.09. The Morgan fingerprint density at radius 1 is 1.30 bits per heavy atom. The molecule has 0 unspecified atom stereocenters. The van der Waals surface area contributed by atoms with Crippen LogP contribution in [0.5, 0.6) is 0 Å². The minimum absolute atomic E-state index is 0.838. The Balaban J connectivity index is 3.81. The van der Waals surface area contributed by atoms with Crippen molar-refractivity contribution in [1.29, 1.82) is 0 Å². The van der Waals surface area contributed by atoms with Gasteiger partial charge in [0.1, 0.15) is 0 Å². The Kier molecular flexibility index (Phi) is 4.87. The number of halogens is 1. The molecule has 0 aromatic heterocycles. The van der Waals surface area contributed by atoms with Crippen molar-refractivity contribution in [1.82, 2.24) is 0 Å². The van der Waals surface area contributed by atoms with Crippen LogP contribution < -0.4 is 0 Å². The summed E-state index contributed by atoms with van der Waals surface area (Å²) in [4.78, 5) is 0. The molecule has 0 saturated carbocycles. The van der Waals surface area contributed by atoms with Crippen LogP contribution in [0.3, 0.4) is 0 Å². The minimum atomic E-state index is -0.838. The molecule has 2 heteroatoms. The summed E-state index contributed by atoms with van der Waals surface area (Å²) in [7, 11) is -0.838. The Morgan fingerprint density at radius 2 is 1.80 bits per heavy atom. The second-order valence-electron chi connectivity index (χ2n) is 3.95. The summed E-state index contributed by atoms with van der Waals surface area (Å²) in [6.07, 6.45) is 2.73. The molecule has 0 N–H and O–H groups in total. The second-order valence-corrected chi connectivity index (χ2v) is 10.3. The summed E-state index contributed by atoms with van der Waals surface area (Å²) >= 11 is 3.51. The first kappa shape index (κ1) is 10.7. The summed E-state index contributed by atoms with van der Waals surface area (Å²) in [6.45, 7) is 9.70. The number of rotatable bonds is 4. The molecule has 0 nitrogen and oxygen atoms in total. The van der Waals surface area contributed by atoms with Crippen LogP contribution in [0.15, 0.2) is 0 Å². The average Bonchev–Trinajstić information content (AvgIpc) is 1.80. The highest BCUT2D eigenvalue weighted by Gasteiger charge is 2.23. The van der Waals surface area contributed by atoms with Gasteiger partial charge in [0.15, 0.2) is 0 Å². The van der Waals surface area contributed by atoms with Crippen LogP contribution >= 0.6 is 15.9 Å². The van der Waals surface area contributed by atoms with Crippen molar-refractivity contribution in [3.8, 4) is 0 Å². The van der Waals surface area contributed by atoms with Crippen LogP contribution in [-0.2, 0) is 0 Å². The lowest BCUT2D eigenvalue weighted by atomic mass is 10.3. The predicted molar refractivity (Wildman–Crippen MR) is 55.8 cm³/mol. The summed E-state index contributed by atoms with van der Waals surface area (Å²) < 4.78 is 0. The van der Waals surface area contributed by atoms with Gasteiger partial charge in [0.25, 0.3) is 0 Å². The zero-order valence-electron chi connectivity index (χ0n) is 7.58. The van der Waals surface area contributed by atoms with Gasteiger partial charge in [-0.1, -0.05) is 48.9 Å². The van der Waals surface area contributed by atoms with E-state index in [0.717, 1.165) is 5.54 Å². The van der Waals surface area contributed by atoms with Gasteiger partial charge in [0.2, 0.25) is 0 Å². The zero-order chi connectivity index (χ0) is 8.20. The Hall–Kier alpha value is 0.697. The Morgan fingerprint density at radius 3 is 1.90 bits per heavy atom. The smallest absolute Gasteiger partial charge is 0.0474 e. The van der Waals surface area contributed by atoms with Crippen LogP contribution in [0.25, 0.3) is 0 Å². The van der Waals surface area contributed by atoms with E-state index in [1.54, 1.807) is 0 Å². The lowest BCUT2D eigenvalue weighted by Gasteiger charge is -2.27. The average molecular weight is 223 g/mol. The van der Waals surface area contributed by atoms with Crippen LogP contribution in [0.4, 0.5) is 0 Å². The number of hydrogen-bond donors (Lipinski definition) is 0. The van der Waals surface area contributed by atoms with Gasteiger partial charge >= 0.3 is 0 Å². The first-order valence-corrected chi connectivity index (χ1v) is 8.78. The predicted octanol–water partition coefficient (Wildman–Crippen LogP) is 3.89. The third-order valence-electron chi connectivity index (χ3n) is 2.18. The number of alkyl halides is 1. The quantitative estimate of drug-likeness (QED) is 0.501. The van der Waals surface area contributed by atoms with Crippen molar-refractivity contribution in [2.24, 2.45) is 0 Å². The first-order valence-electron chi connectivity index (χ1n) is 4.08. The largest absolute Gasteiger partial charge is 0.0928 e. The summed E-state index contributed by atoms with van der Waals surface area (Å²) in [5.41, 5.74) is 1.01. The molecule has 0 bridgehead atoms. The molecule has 1 atom stereocenters. The van der Waals surface area contributed by atoms with E-state index in [-0.39, 0.29) is 0 Å². The highest BCUT2D eigenvalue weighted by Crippen LogP contribution is 2.28. The molecule has 0 radical (unpaired) electrons. The Labute approximate surface area is 74.5 Å². The maximum atomic E-state index is 3.51. The first-order chi connectivity index (χ1) is 4.52. The van der Waals surface area contributed by atoms with Gasteiger partial charge in [-0.25, -0.2) is 0 Å². The van der Waals surface area contributed by atoms with Crippen molar-refractivity contribution >= 4 is 24.0 Å². The van der Waals surface area contributed by atoms with Gasteiger partial charge in [-0.2, -0.15) is 0 Å². The molecule has 0 amide bonds.